The van der Waals surface area contributed by atoms with Gasteiger partial charge in [-0.1, -0.05) is 18.2 Å². The van der Waals surface area contributed by atoms with Crippen LogP contribution in [0.25, 0.3) is 11.0 Å². The fraction of sp³-hybridized carbons (Fsp3) is 0.391. The van der Waals surface area contributed by atoms with Gasteiger partial charge >= 0.3 is 0 Å². The van der Waals surface area contributed by atoms with Gasteiger partial charge in [0.15, 0.2) is 16.6 Å². The molecule has 0 aliphatic carbocycles. The van der Waals surface area contributed by atoms with Gasteiger partial charge in [-0.05, 0) is 61.3 Å². The van der Waals surface area contributed by atoms with Crippen LogP contribution < -0.4 is 14.8 Å². The Morgan fingerprint density at radius 1 is 1.13 bits per heavy atom. The minimum absolute atomic E-state index is 0.461. The molecule has 0 unspecified atom stereocenters. The number of ether oxygens (including phenoxy) is 2. The zero-order valence-electron chi connectivity index (χ0n) is 17.5. The maximum absolute atomic E-state index is 5.63. The zero-order valence-corrected chi connectivity index (χ0v) is 18.3. The van der Waals surface area contributed by atoms with Gasteiger partial charge in [-0.3, -0.25) is 0 Å². The third-order valence-corrected chi connectivity index (χ3v) is 6.12. The van der Waals surface area contributed by atoms with Crippen LogP contribution >= 0.6 is 12.2 Å². The second-order valence-electron chi connectivity index (χ2n) is 7.57. The van der Waals surface area contributed by atoms with E-state index < -0.39 is 0 Å². The lowest BCUT2D eigenvalue weighted by Crippen LogP contribution is -2.44. The molecule has 2 N–H and O–H groups in total. The molecule has 1 aromatic heterocycles. The number of H-pyrrole nitrogens is 1. The maximum atomic E-state index is 5.63. The van der Waals surface area contributed by atoms with Crippen molar-refractivity contribution in [3.8, 4) is 11.5 Å². The van der Waals surface area contributed by atoms with Crippen LogP contribution in [0.5, 0.6) is 11.5 Å². The predicted molar refractivity (Wildman–Crippen MR) is 123 cm³/mol. The summed E-state index contributed by atoms with van der Waals surface area (Å²) in [6, 6.07) is 14.2. The van der Waals surface area contributed by atoms with Crippen molar-refractivity contribution in [3.05, 3.63) is 53.9 Å². The average molecular weight is 425 g/mol. The molecule has 7 heteroatoms. The third-order valence-electron chi connectivity index (χ3n) is 5.71. The van der Waals surface area contributed by atoms with E-state index in [1.165, 1.54) is 5.56 Å². The summed E-state index contributed by atoms with van der Waals surface area (Å²) in [7, 11) is 3.30. The number of piperidine rings is 1. The molecule has 0 spiro atoms. The van der Waals surface area contributed by atoms with Crippen molar-refractivity contribution in [1.29, 1.82) is 0 Å². The van der Waals surface area contributed by atoms with Crippen molar-refractivity contribution in [2.24, 2.45) is 0 Å². The number of para-hydroxylation sites is 2. The van der Waals surface area contributed by atoms with Gasteiger partial charge in [0.2, 0.25) is 0 Å². The molecule has 0 radical (unpaired) electrons. The van der Waals surface area contributed by atoms with Gasteiger partial charge in [-0.2, -0.15) is 0 Å². The summed E-state index contributed by atoms with van der Waals surface area (Å²) >= 11 is 5.63. The number of thiocarbonyl (C=S) groups is 1. The molecular formula is C23H28N4O2S. The Kier molecular flexibility index (Phi) is 6.38. The first-order chi connectivity index (χ1) is 14.7. The number of hydrogen-bond donors (Lipinski definition) is 2. The molecule has 6 nitrogen and oxygen atoms in total. The number of imidazole rings is 1. The Morgan fingerprint density at radius 3 is 2.63 bits per heavy atom. The Morgan fingerprint density at radius 2 is 1.90 bits per heavy atom. The highest BCUT2D eigenvalue weighted by atomic mass is 32.1. The Hall–Kier alpha value is -2.80. The highest BCUT2D eigenvalue weighted by Crippen LogP contribution is 2.28. The number of nitrogens with one attached hydrogen (secondary N) is 2. The van der Waals surface area contributed by atoms with E-state index in [1.54, 1.807) is 14.2 Å². The Balaban J connectivity index is 1.25. The van der Waals surface area contributed by atoms with Crippen LogP contribution in [0.4, 0.5) is 0 Å². The number of hydrogen-bond acceptors (Lipinski definition) is 4. The fourth-order valence-corrected chi connectivity index (χ4v) is 4.27. The monoisotopic (exact) mass is 424 g/mol. The van der Waals surface area contributed by atoms with Crippen molar-refractivity contribution in [3.63, 3.8) is 0 Å². The summed E-state index contributed by atoms with van der Waals surface area (Å²) in [5.41, 5.74) is 3.34. The molecule has 0 bridgehead atoms. The van der Waals surface area contributed by atoms with Crippen molar-refractivity contribution in [2.45, 2.75) is 25.2 Å². The van der Waals surface area contributed by atoms with Crippen LogP contribution in [-0.4, -0.2) is 53.8 Å². The normalized spacial score (nSPS) is 14.7. The average Bonchev–Trinajstić information content (AvgIpc) is 3.23. The molecule has 0 amide bonds. The van der Waals surface area contributed by atoms with E-state index in [0.29, 0.717) is 5.92 Å². The molecule has 0 atom stereocenters. The molecule has 1 saturated heterocycles. The van der Waals surface area contributed by atoms with Crippen LogP contribution in [0, 0.1) is 0 Å². The van der Waals surface area contributed by atoms with E-state index in [9.17, 15) is 0 Å². The number of methoxy groups -OCH3 is 2. The van der Waals surface area contributed by atoms with Crippen molar-refractivity contribution in [2.75, 3.05) is 33.9 Å². The van der Waals surface area contributed by atoms with E-state index >= 15 is 0 Å². The zero-order chi connectivity index (χ0) is 20.9. The SMILES string of the molecule is COc1ccc(CCNC(=S)N2CCC(c3nc4ccccc4[nH]3)CC2)cc1OC. The van der Waals surface area contributed by atoms with Gasteiger partial charge in [0.1, 0.15) is 5.82 Å². The van der Waals surface area contributed by atoms with Crippen molar-refractivity contribution in [1.82, 2.24) is 20.2 Å². The molecule has 0 saturated carbocycles. The van der Waals surface area contributed by atoms with E-state index in [2.05, 4.69) is 33.4 Å². The molecular weight excluding hydrogens is 396 g/mol. The van der Waals surface area contributed by atoms with E-state index in [1.807, 2.05) is 24.3 Å². The molecule has 1 fully saturated rings. The Labute approximate surface area is 182 Å². The van der Waals surface area contributed by atoms with E-state index in [-0.39, 0.29) is 0 Å². The minimum Gasteiger partial charge on any atom is -0.493 e. The summed E-state index contributed by atoms with van der Waals surface area (Å²) in [6.45, 7) is 2.69. The lowest BCUT2D eigenvalue weighted by atomic mass is 9.96. The topological polar surface area (TPSA) is 62.4 Å². The number of benzene rings is 2. The van der Waals surface area contributed by atoms with Gasteiger partial charge < -0.3 is 24.7 Å². The van der Waals surface area contributed by atoms with Crippen LogP contribution in [0.2, 0.25) is 0 Å². The second-order valence-corrected chi connectivity index (χ2v) is 7.96. The lowest BCUT2D eigenvalue weighted by molar-refractivity contribution is 0.305. The summed E-state index contributed by atoms with van der Waals surface area (Å²) in [4.78, 5) is 10.5. The first-order valence-corrected chi connectivity index (χ1v) is 10.8. The number of fused-ring (bicyclic) bond motifs is 1. The molecule has 4 rings (SSSR count). The molecule has 30 heavy (non-hydrogen) atoms. The number of likely N-dealkylation sites (tertiary alicyclic amines) is 1. The quantitative estimate of drug-likeness (QED) is 0.586. The standard InChI is InChI=1S/C23H28N4O2S/c1-28-20-8-7-16(15-21(20)29-2)9-12-24-23(30)27-13-10-17(11-14-27)22-25-18-5-3-4-6-19(18)26-22/h3-8,15,17H,9-14H2,1-2H3,(H,24,30)(H,25,26). The van der Waals surface area contributed by atoms with E-state index in [0.717, 1.165) is 72.4 Å². The highest BCUT2D eigenvalue weighted by molar-refractivity contribution is 7.80. The molecule has 1 aliphatic rings. The van der Waals surface area contributed by atoms with E-state index in [4.69, 9.17) is 26.7 Å². The molecule has 158 valence electrons. The maximum Gasteiger partial charge on any atom is 0.168 e. The second kappa shape index (κ2) is 9.34. The van der Waals surface area contributed by atoms with Crippen LogP contribution in [-0.2, 0) is 6.42 Å². The first-order valence-electron chi connectivity index (χ1n) is 10.4. The fourth-order valence-electron chi connectivity index (χ4n) is 3.98. The van der Waals surface area contributed by atoms with Crippen LogP contribution in [0.1, 0.15) is 30.1 Å². The highest BCUT2D eigenvalue weighted by Gasteiger charge is 2.24. The lowest BCUT2D eigenvalue weighted by Gasteiger charge is -2.33. The van der Waals surface area contributed by atoms with Gasteiger partial charge in [0.05, 0.1) is 25.3 Å². The van der Waals surface area contributed by atoms with Crippen LogP contribution in [0.15, 0.2) is 42.5 Å². The molecule has 1 aliphatic heterocycles. The first kappa shape index (κ1) is 20.5. The molecule has 2 aromatic carbocycles. The number of rotatable bonds is 6. The summed E-state index contributed by atoms with van der Waals surface area (Å²) in [5, 5.41) is 4.24. The summed E-state index contributed by atoms with van der Waals surface area (Å²) in [6.07, 6.45) is 2.98. The summed E-state index contributed by atoms with van der Waals surface area (Å²) in [5.74, 6) is 3.06. The Bertz CT molecular complexity index is 978. The number of aromatic nitrogens is 2. The smallest absolute Gasteiger partial charge is 0.168 e. The van der Waals surface area contributed by atoms with Crippen molar-refractivity contribution < 1.29 is 9.47 Å². The molecule has 2 heterocycles. The van der Waals surface area contributed by atoms with Crippen LogP contribution in [0.3, 0.4) is 0 Å². The van der Waals surface area contributed by atoms with Gasteiger partial charge in [-0.25, -0.2) is 4.98 Å². The minimum atomic E-state index is 0.461. The van der Waals surface area contributed by atoms with Crippen molar-refractivity contribution >= 4 is 28.4 Å². The third kappa shape index (κ3) is 4.51. The van der Waals surface area contributed by atoms with Gasteiger partial charge in [0, 0.05) is 25.6 Å². The van der Waals surface area contributed by atoms with Gasteiger partial charge in [0.25, 0.3) is 0 Å². The summed E-state index contributed by atoms with van der Waals surface area (Å²) < 4.78 is 10.7. The van der Waals surface area contributed by atoms with Gasteiger partial charge in [-0.15, -0.1) is 0 Å². The molecule has 3 aromatic rings. The number of aromatic amines is 1. The predicted octanol–water partition coefficient (Wildman–Crippen LogP) is 3.88. The largest absolute Gasteiger partial charge is 0.493 e. The number of nitrogens with zero attached hydrogens (tertiary/aromatic N) is 2.